The van der Waals surface area contributed by atoms with E-state index in [1.165, 1.54) is 6.33 Å². The molecule has 0 fully saturated rings. The molecule has 0 aliphatic heterocycles. The maximum atomic E-state index is 6.07. The molecule has 4 nitrogen and oxygen atoms in total. The fraction of sp³-hybridized carbons (Fsp3) is 0.417. The molecule has 2 aromatic rings. The highest BCUT2D eigenvalue weighted by molar-refractivity contribution is 6.30. The van der Waals surface area contributed by atoms with Crippen LogP contribution in [0.15, 0.2) is 18.7 Å². The fourth-order valence-corrected chi connectivity index (χ4v) is 2.06. The fourth-order valence-electron chi connectivity index (χ4n) is 1.79. The van der Waals surface area contributed by atoms with Crippen molar-refractivity contribution < 1.29 is 0 Å². The van der Waals surface area contributed by atoms with Gasteiger partial charge in [0.25, 0.3) is 0 Å². The lowest BCUT2D eigenvalue weighted by Gasteiger charge is -2.05. The van der Waals surface area contributed by atoms with Crippen molar-refractivity contribution >= 4 is 11.6 Å². The van der Waals surface area contributed by atoms with Crippen molar-refractivity contribution in [1.82, 2.24) is 19.7 Å². The standard InChI is InChI=1S/C12H15ClN4/c1-3-5-17-7-9(6-16-17)11-10(4-2)12(13)15-8-14-11/h6-8H,3-5H2,1-2H3. The van der Waals surface area contributed by atoms with Gasteiger partial charge in [-0.25, -0.2) is 9.97 Å². The molecular formula is C12H15ClN4. The van der Waals surface area contributed by atoms with Crippen molar-refractivity contribution in [2.45, 2.75) is 33.2 Å². The zero-order chi connectivity index (χ0) is 12.3. The van der Waals surface area contributed by atoms with Crippen LogP contribution >= 0.6 is 11.6 Å². The van der Waals surface area contributed by atoms with Gasteiger partial charge in [0.15, 0.2) is 0 Å². The van der Waals surface area contributed by atoms with Crippen LogP contribution in [0.1, 0.15) is 25.8 Å². The molecule has 0 atom stereocenters. The summed E-state index contributed by atoms with van der Waals surface area (Å²) in [5.41, 5.74) is 2.86. The summed E-state index contributed by atoms with van der Waals surface area (Å²) in [5.74, 6) is 0. The first-order chi connectivity index (χ1) is 8.26. The van der Waals surface area contributed by atoms with E-state index < -0.39 is 0 Å². The Bertz CT molecular complexity index is 507. The molecule has 2 aromatic heterocycles. The highest BCUT2D eigenvalue weighted by Gasteiger charge is 2.11. The third-order valence-corrected chi connectivity index (χ3v) is 2.93. The summed E-state index contributed by atoms with van der Waals surface area (Å²) in [4.78, 5) is 8.31. The van der Waals surface area contributed by atoms with Crippen molar-refractivity contribution in [3.8, 4) is 11.3 Å². The van der Waals surface area contributed by atoms with Gasteiger partial charge in [-0.15, -0.1) is 0 Å². The first-order valence-corrected chi connectivity index (χ1v) is 6.16. The molecule has 0 aromatic carbocycles. The maximum Gasteiger partial charge on any atom is 0.136 e. The van der Waals surface area contributed by atoms with E-state index >= 15 is 0 Å². The van der Waals surface area contributed by atoms with Gasteiger partial charge in [-0.1, -0.05) is 25.4 Å². The van der Waals surface area contributed by atoms with E-state index in [1.54, 1.807) is 0 Å². The average molecular weight is 251 g/mol. The predicted octanol–water partition coefficient (Wildman–Crippen LogP) is 2.97. The Morgan fingerprint density at radius 3 is 2.82 bits per heavy atom. The van der Waals surface area contributed by atoms with Crippen LogP contribution in [-0.4, -0.2) is 19.7 Å². The summed E-state index contributed by atoms with van der Waals surface area (Å²) < 4.78 is 1.92. The van der Waals surface area contributed by atoms with E-state index in [1.807, 2.05) is 24.0 Å². The second-order valence-electron chi connectivity index (χ2n) is 3.84. The van der Waals surface area contributed by atoms with Crippen LogP contribution in [0, 0.1) is 0 Å². The molecule has 0 aliphatic rings. The molecule has 90 valence electrons. The second-order valence-corrected chi connectivity index (χ2v) is 4.20. The van der Waals surface area contributed by atoms with Gasteiger partial charge in [-0.3, -0.25) is 4.68 Å². The number of aryl methyl sites for hydroxylation is 1. The van der Waals surface area contributed by atoms with Crippen molar-refractivity contribution in [3.05, 3.63) is 29.4 Å². The molecule has 2 heterocycles. The molecule has 0 saturated heterocycles. The van der Waals surface area contributed by atoms with Gasteiger partial charge >= 0.3 is 0 Å². The Balaban J connectivity index is 2.41. The number of rotatable bonds is 4. The predicted molar refractivity (Wildman–Crippen MR) is 67.9 cm³/mol. The summed E-state index contributed by atoms with van der Waals surface area (Å²) in [6.07, 6.45) is 7.20. The Kier molecular flexibility index (Phi) is 3.74. The van der Waals surface area contributed by atoms with E-state index in [9.17, 15) is 0 Å². The minimum atomic E-state index is 0.528. The zero-order valence-electron chi connectivity index (χ0n) is 10.0. The Morgan fingerprint density at radius 2 is 2.12 bits per heavy atom. The molecule has 0 aliphatic carbocycles. The van der Waals surface area contributed by atoms with Crippen molar-refractivity contribution in [1.29, 1.82) is 0 Å². The number of hydrogen-bond acceptors (Lipinski definition) is 3. The Labute approximate surface area is 106 Å². The molecule has 17 heavy (non-hydrogen) atoms. The first kappa shape index (κ1) is 12.0. The van der Waals surface area contributed by atoms with Gasteiger partial charge in [-0.05, 0) is 12.8 Å². The van der Waals surface area contributed by atoms with Crippen LogP contribution in [-0.2, 0) is 13.0 Å². The minimum absolute atomic E-state index is 0.528. The molecule has 0 saturated carbocycles. The topological polar surface area (TPSA) is 43.6 Å². The molecule has 0 amide bonds. The summed E-state index contributed by atoms with van der Waals surface area (Å²) in [6, 6.07) is 0. The lowest BCUT2D eigenvalue weighted by Crippen LogP contribution is -1.96. The SMILES string of the molecule is CCCn1cc(-c2ncnc(Cl)c2CC)cn1. The Hall–Kier alpha value is -1.42. The molecule has 5 heteroatoms. The van der Waals surface area contributed by atoms with Crippen LogP contribution in [0.4, 0.5) is 0 Å². The molecule has 2 rings (SSSR count). The van der Waals surface area contributed by atoms with E-state index in [0.717, 1.165) is 36.2 Å². The van der Waals surface area contributed by atoms with Crippen molar-refractivity contribution in [2.75, 3.05) is 0 Å². The van der Waals surface area contributed by atoms with E-state index in [4.69, 9.17) is 11.6 Å². The summed E-state index contributed by atoms with van der Waals surface area (Å²) in [6.45, 7) is 5.09. The molecule has 0 radical (unpaired) electrons. The summed E-state index contributed by atoms with van der Waals surface area (Å²) in [7, 11) is 0. The number of aromatic nitrogens is 4. The molecule has 0 unspecified atom stereocenters. The lowest BCUT2D eigenvalue weighted by molar-refractivity contribution is 0.603. The monoisotopic (exact) mass is 250 g/mol. The normalized spacial score (nSPS) is 10.8. The van der Waals surface area contributed by atoms with Gasteiger partial charge in [-0.2, -0.15) is 5.10 Å². The van der Waals surface area contributed by atoms with Crippen LogP contribution in [0.3, 0.4) is 0 Å². The number of halogens is 1. The largest absolute Gasteiger partial charge is 0.272 e. The maximum absolute atomic E-state index is 6.07. The van der Waals surface area contributed by atoms with E-state index in [0.29, 0.717) is 5.15 Å². The van der Waals surface area contributed by atoms with Gasteiger partial charge < -0.3 is 0 Å². The summed E-state index contributed by atoms with van der Waals surface area (Å²) in [5, 5.41) is 4.83. The molecular weight excluding hydrogens is 236 g/mol. The van der Waals surface area contributed by atoms with Crippen molar-refractivity contribution in [3.63, 3.8) is 0 Å². The lowest BCUT2D eigenvalue weighted by atomic mass is 10.1. The Morgan fingerprint density at radius 1 is 1.29 bits per heavy atom. The third-order valence-electron chi connectivity index (χ3n) is 2.61. The van der Waals surface area contributed by atoms with Crippen LogP contribution in [0.5, 0.6) is 0 Å². The zero-order valence-corrected chi connectivity index (χ0v) is 10.8. The second kappa shape index (κ2) is 5.27. The quantitative estimate of drug-likeness (QED) is 0.784. The first-order valence-electron chi connectivity index (χ1n) is 5.78. The number of hydrogen-bond donors (Lipinski definition) is 0. The van der Waals surface area contributed by atoms with Crippen LogP contribution in [0.2, 0.25) is 5.15 Å². The molecule has 0 N–H and O–H groups in total. The van der Waals surface area contributed by atoms with E-state index in [2.05, 4.69) is 22.0 Å². The highest BCUT2D eigenvalue weighted by atomic mass is 35.5. The van der Waals surface area contributed by atoms with Gasteiger partial charge in [0.1, 0.15) is 11.5 Å². The van der Waals surface area contributed by atoms with Crippen LogP contribution < -0.4 is 0 Å². The summed E-state index contributed by atoms with van der Waals surface area (Å²) >= 11 is 6.07. The van der Waals surface area contributed by atoms with Crippen molar-refractivity contribution in [2.24, 2.45) is 0 Å². The highest BCUT2D eigenvalue weighted by Crippen LogP contribution is 2.25. The van der Waals surface area contributed by atoms with Crippen LogP contribution in [0.25, 0.3) is 11.3 Å². The number of nitrogens with zero attached hydrogens (tertiary/aromatic N) is 4. The average Bonchev–Trinajstić information content (AvgIpc) is 2.78. The smallest absolute Gasteiger partial charge is 0.136 e. The van der Waals surface area contributed by atoms with Gasteiger partial charge in [0.05, 0.1) is 11.9 Å². The van der Waals surface area contributed by atoms with E-state index in [-0.39, 0.29) is 0 Å². The minimum Gasteiger partial charge on any atom is -0.272 e. The van der Waals surface area contributed by atoms with Gasteiger partial charge in [0, 0.05) is 23.9 Å². The molecule has 0 spiro atoms. The molecule has 0 bridgehead atoms. The third kappa shape index (κ3) is 2.47. The van der Waals surface area contributed by atoms with Gasteiger partial charge in [0.2, 0.25) is 0 Å².